The molecule has 0 aromatic rings. The molecule has 1 aliphatic rings. The quantitative estimate of drug-likeness (QED) is 0.678. The van der Waals surface area contributed by atoms with Crippen LogP contribution in [0.5, 0.6) is 0 Å². The Kier molecular flexibility index (Phi) is 3.73. The first-order valence-electron chi connectivity index (χ1n) is 4.82. The maximum Gasteiger partial charge on any atom is 0.407 e. The number of alkyl carbamates (subject to hydrolysis) is 1. The van der Waals surface area contributed by atoms with Crippen molar-refractivity contribution in [1.29, 1.82) is 0 Å². The molecule has 0 bridgehead atoms. The summed E-state index contributed by atoms with van der Waals surface area (Å²) in [5, 5.41) is 5.38. The van der Waals surface area contributed by atoms with Gasteiger partial charge in [0, 0.05) is 13.0 Å². The summed E-state index contributed by atoms with van der Waals surface area (Å²) in [6, 6.07) is -0.000972. The van der Waals surface area contributed by atoms with Gasteiger partial charge in [-0.15, -0.1) is 0 Å². The van der Waals surface area contributed by atoms with E-state index >= 15 is 0 Å². The molecule has 1 rings (SSSR count). The van der Waals surface area contributed by atoms with Crippen molar-refractivity contribution in [3.63, 3.8) is 0 Å². The molecule has 0 aromatic heterocycles. The molecule has 80 valence electrons. The lowest BCUT2D eigenvalue weighted by molar-refractivity contribution is -0.122. The van der Waals surface area contributed by atoms with E-state index in [-0.39, 0.29) is 18.1 Å². The van der Waals surface area contributed by atoms with Gasteiger partial charge < -0.3 is 15.4 Å². The fourth-order valence-electron chi connectivity index (χ4n) is 1.27. The van der Waals surface area contributed by atoms with E-state index in [1.165, 1.54) is 0 Å². The van der Waals surface area contributed by atoms with Gasteiger partial charge >= 0.3 is 6.09 Å². The summed E-state index contributed by atoms with van der Waals surface area (Å²) in [6.45, 7) is 4.08. The van der Waals surface area contributed by atoms with Gasteiger partial charge in [-0.1, -0.05) is 0 Å². The highest BCUT2D eigenvalue weighted by Gasteiger charge is 2.20. The highest BCUT2D eigenvalue weighted by molar-refractivity contribution is 5.77. The summed E-state index contributed by atoms with van der Waals surface area (Å²) < 4.78 is 4.92. The lowest BCUT2D eigenvalue weighted by Gasteiger charge is -2.23. The van der Waals surface area contributed by atoms with Crippen molar-refractivity contribution in [3.05, 3.63) is 0 Å². The van der Waals surface area contributed by atoms with E-state index in [9.17, 15) is 9.59 Å². The van der Waals surface area contributed by atoms with Crippen LogP contribution in [-0.4, -0.2) is 30.7 Å². The smallest absolute Gasteiger partial charge is 0.407 e. The molecule has 0 aromatic carbocycles. The number of amides is 2. The predicted octanol–water partition coefficient (Wildman–Crippen LogP) is 0.400. The van der Waals surface area contributed by atoms with Crippen molar-refractivity contribution in [2.45, 2.75) is 38.8 Å². The number of hydrogen-bond acceptors (Lipinski definition) is 3. The molecule has 1 heterocycles. The Bertz CT molecular complexity index is 218. The Hall–Kier alpha value is -1.26. The number of hydrogen-bond donors (Lipinski definition) is 2. The minimum Gasteiger partial charge on any atom is -0.447 e. The Morgan fingerprint density at radius 2 is 2.36 bits per heavy atom. The molecule has 1 fully saturated rings. The van der Waals surface area contributed by atoms with Crippen LogP contribution < -0.4 is 10.6 Å². The molecule has 0 aliphatic carbocycles. The van der Waals surface area contributed by atoms with E-state index in [4.69, 9.17) is 4.74 Å². The zero-order valence-corrected chi connectivity index (χ0v) is 8.50. The molecule has 0 spiro atoms. The van der Waals surface area contributed by atoms with Crippen LogP contribution >= 0.6 is 0 Å². The van der Waals surface area contributed by atoms with E-state index in [1.54, 1.807) is 13.8 Å². The average molecular weight is 200 g/mol. The van der Waals surface area contributed by atoms with Gasteiger partial charge in [-0.2, -0.15) is 0 Å². The van der Waals surface area contributed by atoms with Gasteiger partial charge in [0.2, 0.25) is 5.91 Å². The van der Waals surface area contributed by atoms with E-state index in [0.717, 1.165) is 0 Å². The van der Waals surface area contributed by atoms with Gasteiger partial charge in [0.15, 0.2) is 0 Å². The van der Waals surface area contributed by atoms with Crippen LogP contribution in [0.1, 0.15) is 26.7 Å². The number of carbonyl (C=O) groups excluding carboxylic acids is 2. The fraction of sp³-hybridized carbons (Fsp3) is 0.778. The second-order valence-electron chi connectivity index (χ2n) is 3.64. The standard InChI is InChI=1S/C9H16N2O3/c1-6(2)14-9(13)11-7-3-4-8(12)10-5-7/h6-7H,3-5H2,1-2H3,(H,10,12)(H,11,13). The summed E-state index contributed by atoms with van der Waals surface area (Å²) in [5.74, 6) is 0.0419. The molecule has 0 saturated carbocycles. The van der Waals surface area contributed by atoms with Crippen molar-refractivity contribution in [3.8, 4) is 0 Å². The Morgan fingerprint density at radius 3 is 2.86 bits per heavy atom. The first-order valence-corrected chi connectivity index (χ1v) is 4.82. The average Bonchev–Trinajstić information content (AvgIpc) is 2.07. The fourth-order valence-corrected chi connectivity index (χ4v) is 1.27. The summed E-state index contributed by atoms with van der Waals surface area (Å²) >= 11 is 0. The summed E-state index contributed by atoms with van der Waals surface area (Å²) in [4.78, 5) is 22.0. The second kappa shape index (κ2) is 4.83. The SMILES string of the molecule is CC(C)OC(=O)NC1CCC(=O)NC1. The molecule has 2 amide bonds. The van der Waals surface area contributed by atoms with E-state index < -0.39 is 6.09 Å². The second-order valence-corrected chi connectivity index (χ2v) is 3.64. The third-order valence-electron chi connectivity index (χ3n) is 1.93. The van der Waals surface area contributed by atoms with E-state index in [0.29, 0.717) is 19.4 Å². The first kappa shape index (κ1) is 10.8. The molecule has 2 N–H and O–H groups in total. The van der Waals surface area contributed by atoms with Crippen molar-refractivity contribution in [2.75, 3.05) is 6.54 Å². The van der Waals surface area contributed by atoms with Crippen LogP contribution in [0, 0.1) is 0 Å². The zero-order chi connectivity index (χ0) is 10.6. The normalized spacial score (nSPS) is 21.6. The maximum atomic E-state index is 11.2. The van der Waals surface area contributed by atoms with Gasteiger partial charge in [-0.25, -0.2) is 4.79 Å². The van der Waals surface area contributed by atoms with Crippen LogP contribution in [0.3, 0.4) is 0 Å². The molecular formula is C9H16N2O3. The zero-order valence-electron chi connectivity index (χ0n) is 8.50. The van der Waals surface area contributed by atoms with E-state index in [1.807, 2.05) is 0 Å². The van der Waals surface area contributed by atoms with Crippen molar-refractivity contribution < 1.29 is 14.3 Å². The topological polar surface area (TPSA) is 67.4 Å². The van der Waals surface area contributed by atoms with Crippen molar-refractivity contribution in [2.24, 2.45) is 0 Å². The summed E-state index contributed by atoms with van der Waals surface area (Å²) in [5.41, 5.74) is 0. The first-order chi connectivity index (χ1) is 6.58. The molecular weight excluding hydrogens is 184 g/mol. The molecule has 1 aliphatic heterocycles. The minimum atomic E-state index is -0.416. The van der Waals surface area contributed by atoms with Crippen LogP contribution in [0.4, 0.5) is 4.79 Å². The molecule has 5 heteroatoms. The third-order valence-corrected chi connectivity index (χ3v) is 1.93. The highest BCUT2D eigenvalue weighted by atomic mass is 16.6. The third kappa shape index (κ3) is 3.64. The van der Waals surface area contributed by atoms with E-state index in [2.05, 4.69) is 10.6 Å². The largest absolute Gasteiger partial charge is 0.447 e. The molecule has 1 unspecified atom stereocenters. The van der Waals surface area contributed by atoms with Gasteiger partial charge in [0.1, 0.15) is 0 Å². The van der Waals surface area contributed by atoms with Crippen LogP contribution in [0.2, 0.25) is 0 Å². The monoisotopic (exact) mass is 200 g/mol. The number of ether oxygens (including phenoxy) is 1. The predicted molar refractivity (Wildman–Crippen MR) is 50.8 cm³/mol. The number of nitrogens with one attached hydrogen (secondary N) is 2. The number of rotatable bonds is 2. The van der Waals surface area contributed by atoms with Crippen molar-refractivity contribution in [1.82, 2.24) is 10.6 Å². The number of piperidine rings is 1. The molecule has 14 heavy (non-hydrogen) atoms. The van der Waals surface area contributed by atoms with Crippen LogP contribution in [0.15, 0.2) is 0 Å². The Balaban J connectivity index is 2.24. The molecule has 0 radical (unpaired) electrons. The van der Waals surface area contributed by atoms with Crippen LogP contribution in [-0.2, 0) is 9.53 Å². The molecule has 5 nitrogen and oxygen atoms in total. The summed E-state index contributed by atoms with van der Waals surface area (Å²) in [6.07, 6.45) is 0.611. The van der Waals surface area contributed by atoms with Gasteiger partial charge in [-0.3, -0.25) is 4.79 Å². The maximum absolute atomic E-state index is 11.2. The number of carbonyl (C=O) groups is 2. The van der Waals surface area contributed by atoms with Crippen LogP contribution in [0.25, 0.3) is 0 Å². The Morgan fingerprint density at radius 1 is 1.64 bits per heavy atom. The van der Waals surface area contributed by atoms with Gasteiger partial charge in [-0.05, 0) is 20.3 Å². The molecule has 1 atom stereocenters. The van der Waals surface area contributed by atoms with Gasteiger partial charge in [0.25, 0.3) is 0 Å². The lowest BCUT2D eigenvalue weighted by Crippen LogP contribution is -2.48. The Labute approximate surface area is 83.2 Å². The highest BCUT2D eigenvalue weighted by Crippen LogP contribution is 2.03. The van der Waals surface area contributed by atoms with Crippen molar-refractivity contribution >= 4 is 12.0 Å². The summed E-state index contributed by atoms with van der Waals surface area (Å²) in [7, 11) is 0. The lowest BCUT2D eigenvalue weighted by atomic mass is 10.1. The van der Waals surface area contributed by atoms with Gasteiger partial charge in [0.05, 0.1) is 12.1 Å². The molecule has 1 saturated heterocycles. The minimum absolute atomic E-state index is 0.000972.